The third-order valence-electron chi connectivity index (χ3n) is 3.53. The van der Waals surface area contributed by atoms with E-state index in [2.05, 4.69) is 36.5 Å². The van der Waals surface area contributed by atoms with Gasteiger partial charge in [0.2, 0.25) is 0 Å². The van der Waals surface area contributed by atoms with Gasteiger partial charge in [-0.05, 0) is 17.5 Å². The van der Waals surface area contributed by atoms with Gasteiger partial charge in [0.1, 0.15) is 0 Å². The molecule has 3 nitrogen and oxygen atoms in total. The Morgan fingerprint density at radius 2 is 2.06 bits per heavy atom. The number of nitrogens with one attached hydrogen (secondary N) is 1. The van der Waals surface area contributed by atoms with Crippen molar-refractivity contribution < 1.29 is 9.53 Å². The third-order valence-corrected chi connectivity index (χ3v) is 3.53. The molecule has 1 aromatic rings. The molecule has 0 unspecified atom stereocenters. The lowest BCUT2D eigenvalue weighted by Crippen LogP contribution is -2.22. The third kappa shape index (κ3) is 2.50. The Hall–Kier alpha value is -1.35. The van der Waals surface area contributed by atoms with Crippen LogP contribution in [0, 0.1) is 5.92 Å². The summed E-state index contributed by atoms with van der Waals surface area (Å²) in [6.07, 6.45) is 1.05. The van der Waals surface area contributed by atoms with Crippen LogP contribution in [0.1, 0.15) is 24.0 Å². The van der Waals surface area contributed by atoms with E-state index >= 15 is 0 Å². The molecular formula is C14H19NO2. The molecule has 1 fully saturated rings. The Morgan fingerprint density at radius 3 is 2.65 bits per heavy atom. The van der Waals surface area contributed by atoms with Gasteiger partial charge in [0.25, 0.3) is 0 Å². The number of esters is 1. The Labute approximate surface area is 102 Å². The molecule has 0 bridgehead atoms. The molecule has 3 heteroatoms. The number of aryl methyl sites for hydroxylation is 1. The van der Waals surface area contributed by atoms with Crippen LogP contribution in [0.5, 0.6) is 0 Å². The van der Waals surface area contributed by atoms with Crippen molar-refractivity contribution in [1.82, 2.24) is 5.32 Å². The van der Waals surface area contributed by atoms with Crippen molar-refractivity contribution in [3.8, 4) is 0 Å². The average molecular weight is 233 g/mol. The SMILES string of the molecule is CCc1ccc([C@H]2CNC[C@H]2C(=O)OC)cc1. The van der Waals surface area contributed by atoms with Crippen LogP contribution in [0.25, 0.3) is 0 Å². The number of methoxy groups -OCH3 is 1. The number of carbonyl (C=O) groups excluding carboxylic acids is 1. The molecule has 17 heavy (non-hydrogen) atoms. The maximum atomic E-state index is 11.7. The summed E-state index contributed by atoms with van der Waals surface area (Å²) < 4.78 is 4.85. The van der Waals surface area contributed by atoms with Gasteiger partial charge in [0.05, 0.1) is 13.0 Å². The van der Waals surface area contributed by atoms with E-state index in [-0.39, 0.29) is 17.8 Å². The van der Waals surface area contributed by atoms with E-state index in [0.29, 0.717) is 6.54 Å². The lowest BCUT2D eigenvalue weighted by molar-refractivity contribution is -0.145. The fourth-order valence-electron chi connectivity index (χ4n) is 2.43. The monoisotopic (exact) mass is 233 g/mol. The highest BCUT2D eigenvalue weighted by Crippen LogP contribution is 2.29. The Balaban J connectivity index is 2.17. The summed E-state index contributed by atoms with van der Waals surface area (Å²) >= 11 is 0. The highest BCUT2D eigenvalue weighted by Gasteiger charge is 2.34. The van der Waals surface area contributed by atoms with Gasteiger partial charge >= 0.3 is 5.97 Å². The Morgan fingerprint density at radius 1 is 1.35 bits per heavy atom. The number of hydrogen-bond donors (Lipinski definition) is 1. The molecule has 1 aromatic carbocycles. The van der Waals surface area contributed by atoms with E-state index in [1.807, 2.05) is 0 Å². The first kappa shape index (κ1) is 12.1. The van der Waals surface area contributed by atoms with Crippen molar-refractivity contribution in [2.45, 2.75) is 19.3 Å². The first-order chi connectivity index (χ1) is 8.26. The molecular weight excluding hydrogens is 214 g/mol. The summed E-state index contributed by atoms with van der Waals surface area (Å²) in [5, 5.41) is 3.26. The van der Waals surface area contributed by atoms with Crippen LogP contribution in [0.3, 0.4) is 0 Å². The molecule has 0 spiro atoms. The van der Waals surface area contributed by atoms with Gasteiger partial charge in [-0.2, -0.15) is 0 Å². The largest absolute Gasteiger partial charge is 0.469 e. The summed E-state index contributed by atoms with van der Waals surface area (Å²) in [7, 11) is 1.46. The second kappa shape index (κ2) is 5.32. The molecule has 1 aliphatic rings. The smallest absolute Gasteiger partial charge is 0.310 e. The normalized spacial score (nSPS) is 23.6. The lowest BCUT2D eigenvalue weighted by Gasteiger charge is -2.16. The van der Waals surface area contributed by atoms with Crippen molar-refractivity contribution in [3.05, 3.63) is 35.4 Å². The second-order valence-corrected chi connectivity index (χ2v) is 4.49. The number of benzene rings is 1. The fourth-order valence-corrected chi connectivity index (χ4v) is 2.43. The molecule has 0 aromatic heterocycles. The standard InChI is InChI=1S/C14H19NO2/c1-3-10-4-6-11(7-5-10)12-8-15-9-13(12)14(16)17-2/h4-7,12-13,15H,3,8-9H2,1-2H3/t12-,13-/m1/s1. The summed E-state index contributed by atoms with van der Waals surface area (Å²) in [4.78, 5) is 11.7. The van der Waals surface area contributed by atoms with Gasteiger partial charge in [-0.15, -0.1) is 0 Å². The summed E-state index contributed by atoms with van der Waals surface area (Å²) in [6, 6.07) is 8.54. The molecule has 0 amide bonds. The molecule has 1 heterocycles. The topological polar surface area (TPSA) is 38.3 Å². The van der Waals surface area contributed by atoms with E-state index in [9.17, 15) is 4.79 Å². The molecule has 1 aliphatic heterocycles. The van der Waals surface area contributed by atoms with Crippen molar-refractivity contribution in [2.75, 3.05) is 20.2 Å². The van der Waals surface area contributed by atoms with Crippen LogP contribution >= 0.6 is 0 Å². The zero-order valence-electron chi connectivity index (χ0n) is 10.4. The number of hydrogen-bond acceptors (Lipinski definition) is 3. The van der Waals surface area contributed by atoms with Crippen molar-refractivity contribution >= 4 is 5.97 Å². The summed E-state index contributed by atoms with van der Waals surface area (Å²) in [5.74, 6) is 0.0837. The van der Waals surface area contributed by atoms with Gasteiger partial charge in [-0.3, -0.25) is 4.79 Å². The highest BCUT2D eigenvalue weighted by atomic mass is 16.5. The van der Waals surface area contributed by atoms with Gasteiger partial charge < -0.3 is 10.1 Å². The first-order valence-electron chi connectivity index (χ1n) is 6.13. The Kier molecular flexibility index (Phi) is 3.79. The molecule has 2 rings (SSSR count). The van der Waals surface area contributed by atoms with E-state index in [0.717, 1.165) is 13.0 Å². The predicted molar refractivity (Wildman–Crippen MR) is 66.9 cm³/mol. The van der Waals surface area contributed by atoms with Gasteiger partial charge in [-0.1, -0.05) is 31.2 Å². The molecule has 1 saturated heterocycles. The van der Waals surface area contributed by atoms with Gasteiger partial charge in [0, 0.05) is 19.0 Å². The van der Waals surface area contributed by atoms with Crippen molar-refractivity contribution in [2.24, 2.45) is 5.92 Å². The molecule has 0 saturated carbocycles. The molecule has 2 atom stereocenters. The van der Waals surface area contributed by atoms with Crippen LogP contribution in [-0.2, 0) is 16.0 Å². The molecule has 92 valence electrons. The first-order valence-corrected chi connectivity index (χ1v) is 6.13. The zero-order valence-corrected chi connectivity index (χ0v) is 10.4. The molecule has 0 radical (unpaired) electrons. The molecule has 0 aliphatic carbocycles. The summed E-state index contributed by atoms with van der Waals surface area (Å²) in [6.45, 7) is 3.71. The van der Waals surface area contributed by atoms with Crippen LogP contribution in [0.15, 0.2) is 24.3 Å². The van der Waals surface area contributed by atoms with Crippen molar-refractivity contribution in [3.63, 3.8) is 0 Å². The average Bonchev–Trinajstić information content (AvgIpc) is 2.87. The van der Waals surface area contributed by atoms with Crippen LogP contribution in [0.4, 0.5) is 0 Å². The van der Waals surface area contributed by atoms with E-state index < -0.39 is 0 Å². The van der Waals surface area contributed by atoms with Crippen LogP contribution < -0.4 is 5.32 Å². The fraction of sp³-hybridized carbons (Fsp3) is 0.500. The van der Waals surface area contributed by atoms with E-state index in [1.54, 1.807) is 0 Å². The lowest BCUT2D eigenvalue weighted by atomic mass is 9.88. The Bertz CT molecular complexity index is 386. The molecule has 1 N–H and O–H groups in total. The summed E-state index contributed by atoms with van der Waals surface area (Å²) in [5.41, 5.74) is 2.55. The van der Waals surface area contributed by atoms with Gasteiger partial charge in [0.15, 0.2) is 0 Å². The van der Waals surface area contributed by atoms with Crippen LogP contribution in [-0.4, -0.2) is 26.2 Å². The minimum atomic E-state index is -0.112. The van der Waals surface area contributed by atoms with E-state index in [1.165, 1.54) is 18.2 Å². The van der Waals surface area contributed by atoms with Gasteiger partial charge in [-0.25, -0.2) is 0 Å². The second-order valence-electron chi connectivity index (χ2n) is 4.49. The van der Waals surface area contributed by atoms with Crippen LogP contribution in [0.2, 0.25) is 0 Å². The van der Waals surface area contributed by atoms with Crippen molar-refractivity contribution in [1.29, 1.82) is 0 Å². The number of rotatable bonds is 3. The highest BCUT2D eigenvalue weighted by molar-refractivity contribution is 5.74. The maximum absolute atomic E-state index is 11.7. The van der Waals surface area contributed by atoms with E-state index in [4.69, 9.17) is 4.74 Å². The minimum absolute atomic E-state index is 0.0486. The minimum Gasteiger partial charge on any atom is -0.469 e. The predicted octanol–water partition coefficient (Wildman–Crippen LogP) is 1.72. The zero-order chi connectivity index (χ0) is 12.3. The number of ether oxygens (including phenoxy) is 1. The maximum Gasteiger partial charge on any atom is 0.310 e. The number of carbonyl (C=O) groups is 1. The quantitative estimate of drug-likeness (QED) is 0.808.